The molecular weight excluding hydrogens is 377 g/mol. The summed E-state index contributed by atoms with van der Waals surface area (Å²) in [5.74, 6) is 0.689. The molecule has 0 atom stereocenters. The lowest BCUT2D eigenvalue weighted by Crippen LogP contribution is -2.17. The molecule has 0 aromatic heterocycles. The number of ether oxygens (including phenoxy) is 1. The van der Waals surface area contributed by atoms with E-state index in [1.807, 2.05) is 12.1 Å². The van der Waals surface area contributed by atoms with Crippen LogP contribution in [0.5, 0.6) is 5.75 Å². The van der Waals surface area contributed by atoms with Crippen LogP contribution < -0.4 is 10.1 Å². The number of aryl methyl sites for hydroxylation is 1. The van der Waals surface area contributed by atoms with Gasteiger partial charge in [0.25, 0.3) is 0 Å². The monoisotopic (exact) mass is 399 g/mol. The van der Waals surface area contributed by atoms with E-state index in [0.29, 0.717) is 28.9 Å². The van der Waals surface area contributed by atoms with E-state index in [2.05, 4.69) is 60.8 Å². The molecule has 4 heteroatoms. The van der Waals surface area contributed by atoms with Crippen molar-refractivity contribution in [2.75, 3.05) is 6.54 Å². The molecule has 2 nitrogen and oxygen atoms in total. The lowest BCUT2D eigenvalue weighted by atomic mass is 10.1. The topological polar surface area (TPSA) is 21.3 Å². The minimum absolute atomic E-state index is 0.471. The van der Waals surface area contributed by atoms with Crippen LogP contribution in [-0.2, 0) is 19.6 Å². The zero-order valence-corrected chi connectivity index (χ0v) is 16.9. The molecule has 3 rings (SSSR count). The van der Waals surface area contributed by atoms with E-state index >= 15 is 0 Å². The molecule has 0 spiro atoms. The van der Waals surface area contributed by atoms with Crippen molar-refractivity contribution in [3.05, 3.63) is 99.0 Å². The smallest absolute Gasteiger partial charge is 0.142 e. The van der Waals surface area contributed by atoms with Gasteiger partial charge in [0.05, 0.1) is 5.02 Å². The summed E-state index contributed by atoms with van der Waals surface area (Å²) in [6, 6.07) is 22.3. The fourth-order valence-corrected chi connectivity index (χ4v) is 3.44. The molecular formula is C23H23Cl2NO. The van der Waals surface area contributed by atoms with E-state index in [4.69, 9.17) is 27.9 Å². The molecule has 0 aliphatic heterocycles. The quantitative estimate of drug-likeness (QED) is 0.454. The van der Waals surface area contributed by atoms with E-state index in [0.717, 1.165) is 24.1 Å². The summed E-state index contributed by atoms with van der Waals surface area (Å²) in [6.45, 7) is 4.06. The molecule has 140 valence electrons. The summed E-state index contributed by atoms with van der Waals surface area (Å²) in [4.78, 5) is 0. The van der Waals surface area contributed by atoms with Gasteiger partial charge in [0, 0.05) is 17.1 Å². The van der Waals surface area contributed by atoms with Gasteiger partial charge in [-0.15, -0.1) is 0 Å². The van der Waals surface area contributed by atoms with Gasteiger partial charge >= 0.3 is 0 Å². The highest BCUT2D eigenvalue weighted by atomic mass is 35.5. The zero-order chi connectivity index (χ0) is 19.1. The molecule has 0 unspecified atom stereocenters. The summed E-state index contributed by atoms with van der Waals surface area (Å²) >= 11 is 12.6. The van der Waals surface area contributed by atoms with Gasteiger partial charge in [0.2, 0.25) is 0 Å². The Hall–Kier alpha value is -2.00. The number of hydrogen-bond donors (Lipinski definition) is 1. The minimum Gasteiger partial charge on any atom is -0.487 e. The normalized spacial score (nSPS) is 10.8. The standard InChI is InChI=1S/C23H23Cl2NO/c1-17-7-9-19(10-8-17)16-27-23-20(13-21(24)14-22(23)25)15-26-12-11-18-5-3-2-4-6-18/h2-10,13-14,26H,11-12,15-16H2,1H3. The van der Waals surface area contributed by atoms with Crippen LogP contribution in [0.3, 0.4) is 0 Å². The van der Waals surface area contributed by atoms with E-state index < -0.39 is 0 Å². The van der Waals surface area contributed by atoms with Crippen molar-refractivity contribution in [3.63, 3.8) is 0 Å². The predicted octanol–water partition coefficient (Wildman–Crippen LogP) is 6.21. The number of benzene rings is 3. The van der Waals surface area contributed by atoms with E-state index in [1.54, 1.807) is 6.07 Å². The summed E-state index contributed by atoms with van der Waals surface area (Å²) in [7, 11) is 0. The number of rotatable bonds is 8. The average Bonchev–Trinajstić information content (AvgIpc) is 2.66. The Morgan fingerprint density at radius 1 is 0.889 bits per heavy atom. The molecule has 0 fully saturated rings. The highest BCUT2D eigenvalue weighted by Gasteiger charge is 2.11. The van der Waals surface area contributed by atoms with E-state index in [9.17, 15) is 0 Å². The Balaban J connectivity index is 1.62. The van der Waals surface area contributed by atoms with Crippen LogP contribution in [0.2, 0.25) is 10.0 Å². The van der Waals surface area contributed by atoms with Crippen molar-refractivity contribution in [1.29, 1.82) is 0 Å². The molecule has 0 amide bonds. The highest BCUT2D eigenvalue weighted by molar-refractivity contribution is 6.35. The lowest BCUT2D eigenvalue weighted by molar-refractivity contribution is 0.302. The first-order chi connectivity index (χ1) is 13.1. The van der Waals surface area contributed by atoms with Gasteiger partial charge < -0.3 is 10.1 Å². The van der Waals surface area contributed by atoms with Crippen molar-refractivity contribution in [2.24, 2.45) is 0 Å². The van der Waals surface area contributed by atoms with Crippen LogP contribution in [-0.4, -0.2) is 6.54 Å². The largest absolute Gasteiger partial charge is 0.487 e. The maximum absolute atomic E-state index is 6.40. The molecule has 3 aromatic carbocycles. The third-order valence-electron chi connectivity index (χ3n) is 4.34. The highest BCUT2D eigenvalue weighted by Crippen LogP contribution is 2.33. The molecule has 0 aliphatic rings. The van der Waals surface area contributed by atoms with Crippen LogP contribution in [0.1, 0.15) is 22.3 Å². The Morgan fingerprint density at radius 2 is 1.63 bits per heavy atom. The Bertz CT molecular complexity index is 864. The van der Waals surface area contributed by atoms with Crippen molar-refractivity contribution in [2.45, 2.75) is 26.5 Å². The molecule has 3 aromatic rings. The van der Waals surface area contributed by atoms with Gasteiger partial charge in [-0.25, -0.2) is 0 Å². The molecule has 1 N–H and O–H groups in total. The molecule has 0 bridgehead atoms. The van der Waals surface area contributed by atoms with Crippen LogP contribution in [0, 0.1) is 6.92 Å². The van der Waals surface area contributed by atoms with Crippen molar-refractivity contribution >= 4 is 23.2 Å². The van der Waals surface area contributed by atoms with E-state index in [1.165, 1.54) is 11.1 Å². The third-order valence-corrected chi connectivity index (χ3v) is 4.84. The maximum atomic E-state index is 6.40. The van der Waals surface area contributed by atoms with Gasteiger partial charge in [-0.1, -0.05) is 83.4 Å². The molecule has 0 aliphatic carbocycles. The second-order valence-corrected chi connectivity index (χ2v) is 7.41. The fraction of sp³-hybridized carbons (Fsp3) is 0.217. The van der Waals surface area contributed by atoms with Crippen molar-refractivity contribution in [1.82, 2.24) is 5.32 Å². The molecule has 0 saturated carbocycles. The van der Waals surface area contributed by atoms with Crippen molar-refractivity contribution < 1.29 is 4.74 Å². The maximum Gasteiger partial charge on any atom is 0.142 e. The van der Waals surface area contributed by atoms with Crippen LogP contribution in [0.15, 0.2) is 66.7 Å². The van der Waals surface area contributed by atoms with Gasteiger partial charge in [-0.2, -0.15) is 0 Å². The van der Waals surface area contributed by atoms with Crippen LogP contribution in [0.25, 0.3) is 0 Å². The van der Waals surface area contributed by atoms with Crippen LogP contribution >= 0.6 is 23.2 Å². The number of halogens is 2. The minimum atomic E-state index is 0.471. The first kappa shape index (κ1) is 19.8. The lowest BCUT2D eigenvalue weighted by Gasteiger charge is -2.15. The fourth-order valence-electron chi connectivity index (χ4n) is 2.85. The summed E-state index contributed by atoms with van der Waals surface area (Å²) in [5.41, 5.74) is 4.61. The first-order valence-corrected chi connectivity index (χ1v) is 9.78. The predicted molar refractivity (Wildman–Crippen MR) is 114 cm³/mol. The summed E-state index contributed by atoms with van der Waals surface area (Å²) < 4.78 is 6.03. The first-order valence-electron chi connectivity index (χ1n) is 9.03. The third kappa shape index (κ3) is 6.00. The number of hydrogen-bond acceptors (Lipinski definition) is 2. The molecule has 0 radical (unpaired) electrons. The zero-order valence-electron chi connectivity index (χ0n) is 15.3. The van der Waals surface area contributed by atoms with Gasteiger partial charge in [-0.3, -0.25) is 0 Å². The summed E-state index contributed by atoms with van der Waals surface area (Å²) in [6.07, 6.45) is 0.967. The molecule has 27 heavy (non-hydrogen) atoms. The average molecular weight is 400 g/mol. The molecule has 0 heterocycles. The van der Waals surface area contributed by atoms with E-state index in [-0.39, 0.29) is 0 Å². The van der Waals surface area contributed by atoms with Crippen molar-refractivity contribution in [3.8, 4) is 5.75 Å². The second kappa shape index (κ2) is 9.80. The molecule has 0 saturated heterocycles. The Morgan fingerprint density at radius 3 is 2.37 bits per heavy atom. The summed E-state index contributed by atoms with van der Waals surface area (Å²) in [5, 5.41) is 4.60. The van der Waals surface area contributed by atoms with Gasteiger partial charge in [0.15, 0.2) is 0 Å². The van der Waals surface area contributed by atoms with Gasteiger partial charge in [-0.05, 0) is 43.1 Å². The Labute approximate surface area is 171 Å². The second-order valence-electron chi connectivity index (χ2n) is 6.56. The van der Waals surface area contributed by atoms with Crippen LogP contribution in [0.4, 0.5) is 0 Å². The van der Waals surface area contributed by atoms with Gasteiger partial charge in [0.1, 0.15) is 12.4 Å². The Kier molecular flexibility index (Phi) is 7.17. The SMILES string of the molecule is Cc1ccc(COc2c(Cl)cc(Cl)cc2CNCCc2ccccc2)cc1. The number of nitrogens with one attached hydrogen (secondary N) is 1.